The molecule has 218 valence electrons. The molecule has 8 rings (SSSR count). The van der Waals surface area contributed by atoms with Gasteiger partial charge in [-0.25, -0.2) is 4.98 Å². The van der Waals surface area contributed by atoms with Crippen LogP contribution in [0.15, 0.2) is 114 Å². The molecule has 0 bridgehead atoms. The molecule has 0 N–H and O–H groups in total. The van der Waals surface area contributed by atoms with Crippen molar-refractivity contribution in [2.75, 3.05) is 14.2 Å². The molecule has 4 heterocycles. The summed E-state index contributed by atoms with van der Waals surface area (Å²) < 4.78 is 19.6. The number of carbonyl (C=O) groups is 1. The number of thiazole rings is 1. The Bertz CT molecular complexity index is 2330. The van der Waals surface area contributed by atoms with E-state index in [0.29, 0.717) is 39.7 Å². The zero-order valence-electron chi connectivity index (χ0n) is 24.2. The van der Waals surface area contributed by atoms with Crippen LogP contribution in [0.3, 0.4) is 0 Å². The lowest BCUT2D eigenvalue weighted by molar-refractivity contribution is 0.0968. The van der Waals surface area contributed by atoms with Gasteiger partial charge in [0.25, 0.3) is 5.91 Å². The van der Waals surface area contributed by atoms with Gasteiger partial charge in [-0.15, -0.1) is 11.3 Å². The number of ether oxygens (including phenoxy) is 2. The third-order valence-electron chi connectivity index (χ3n) is 7.85. The largest absolute Gasteiger partial charge is 0.497 e. The lowest BCUT2D eigenvalue weighted by atomic mass is 10.1. The van der Waals surface area contributed by atoms with Gasteiger partial charge in [-0.2, -0.15) is 0 Å². The molecular weight excluding hydrogens is 584 g/mol. The Balaban J connectivity index is 1.22. The van der Waals surface area contributed by atoms with Gasteiger partial charge in [0.1, 0.15) is 27.9 Å². The summed E-state index contributed by atoms with van der Waals surface area (Å²) in [6.07, 6.45) is 1.72. The number of aromatic nitrogens is 4. The highest BCUT2D eigenvalue weighted by molar-refractivity contribution is 7.21. The van der Waals surface area contributed by atoms with Crippen molar-refractivity contribution in [3.8, 4) is 44.8 Å². The van der Waals surface area contributed by atoms with E-state index < -0.39 is 0 Å². The molecule has 45 heavy (non-hydrogen) atoms. The second-order valence-corrected chi connectivity index (χ2v) is 11.5. The Morgan fingerprint density at radius 1 is 0.800 bits per heavy atom. The standard InChI is InChI=1S/C36H24N4O4S/c1-42-24-17-23(18-25(19-24)43-2)36(41)40-30-9-5-3-7-26(30)27-15-16-37-33(34(27)40)31-20-29(39-44-31)21-11-13-22(14-12-21)35-38-28-8-4-6-10-32(28)45-35/h3-20H,1-2H3. The molecule has 8 aromatic rings. The van der Waals surface area contributed by atoms with E-state index >= 15 is 0 Å². The normalized spacial score (nSPS) is 11.4. The van der Waals surface area contributed by atoms with Crippen LogP contribution in [-0.4, -0.2) is 39.8 Å². The number of methoxy groups -OCH3 is 2. The first-order valence-electron chi connectivity index (χ1n) is 14.2. The maximum atomic E-state index is 14.3. The SMILES string of the molecule is COc1cc(OC)cc(C(=O)n2c3ccccc3c3ccnc(-c4cc(-c5ccc(-c6nc7ccccc7s6)cc5)no4)c32)c1. The number of benzene rings is 4. The molecular formula is C36H24N4O4S. The summed E-state index contributed by atoms with van der Waals surface area (Å²) in [6, 6.07) is 32.9. The van der Waals surface area contributed by atoms with Gasteiger partial charge in [0.15, 0.2) is 5.76 Å². The smallest absolute Gasteiger partial charge is 0.263 e. The summed E-state index contributed by atoms with van der Waals surface area (Å²) in [5.41, 5.74) is 5.87. The van der Waals surface area contributed by atoms with Gasteiger partial charge in [0.2, 0.25) is 0 Å². The van der Waals surface area contributed by atoms with Crippen LogP contribution < -0.4 is 9.47 Å². The molecule has 0 radical (unpaired) electrons. The van der Waals surface area contributed by atoms with Crippen molar-refractivity contribution < 1.29 is 18.8 Å². The van der Waals surface area contributed by atoms with Crippen LogP contribution in [-0.2, 0) is 0 Å². The van der Waals surface area contributed by atoms with Crippen molar-refractivity contribution in [2.45, 2.75) is 0 Å². The summed E-state index contributed by atoms with van der Waals surface area (Å²) in [5, 5.41) is 7.14. The summed E-state index contributed by atoms with van der Waals surface area (Å²) in [7, 11) is 3.11. The summed E-state index contributed by atoms with van der Waals surface area (Å²) in [5.74, 6) is 1.24. The summed E-state index contributed by atoms with van der Waals surface area (Å²) in [6.45, 7) is 0. The van der Waals surface area contributed by atoms with Crippen LogP contribution in [0.2, 0.25) is 0 Å². The highest BCUT2D eigenvalue weighted by Gasteiger charge is 2.24. The fraction of sp³-hybridized carbons (Fsp3) is 0.0556. The van der Waals surface area contributed by atoms with Gasteiger partial charge in [-0.1, -0.05) is 59.8 Å². The average Bonchev–Trinajstić information content (AvgIpc) is 3.84. The second-order valence-electron chi connectivity index (χ2n) is 10.5. The molecule has 8 nitrogen and oxygen atoms in total. The monoisotopic (exact) mass is 608 g/mol. The number of hydrogen-bond acceptors (Lipinski definition) is 8. The van der Waals surface area contributed by atoms with E-state index in [9.17, 15) is 4.79 Å². The van der Waals surface area contributed by atoms with E-state index in [1.165, 1.54) is 0 Å². The number of fused-ring (bicyclic) bond motifs is 4. The van der Waals surface area contributed by atoms with Crippen LogP contribution in [0, 0.1) is 0 Å². The molecule has 0 aliphatic rings. The summed E-state index contributed by atoms with van der Waals surface area (Å²) >= 11 is 1.66. The number of pyridine rings is 1. The van der Waals surface area contributed by atoms with Crippen LogP contribution in [0.4, 0.5) is 0 Å². The molecule has 0 atom stereocenters. The highest BCUT2D eigenvalue weighted by Crippen LogP contribution is 2.37. The Hall–Kier alpha value is -5.80. The van der Waals surface area contributed by atoms with E-state index in [0.717, 1.165) is 42.6 Å². The van der Waals surface area contributed by atoms with Gasteiger partial charge in [-0.05, 0) is 36.4 Å². The quantitative estimate of drug-likeness (QED) is 0.187. The molecule has 0 saturated heterocycles. The first-order valence-corrected chi connectivity index (χ1v) is 15.0. The van der Waals surface area contributed by atoms with E-state index in [-0.39, 0.29) is 5.91 Å². The topological polar surface area (TPSA) is 92.3 Å². The fourth-order valence-electron chi connectivity index (χ4n) is 5.67. The van der Waals surface area contributed by atoms with Gasteiger partial charge < -0.3 is 14.0 Å². The van der Waals surface area contributed by atoms with Crippen molar-refractivity contribution >= 4 is 49.3 Å². The predicted molar refractivity (Wildman–Crippen MR) is 176 cm³/mol. The Morgan fingerprint density at radius 2 is 1.53 bits per heavy atom. The molecule has 0 fully saturated rings. The molecule has 4 aromatic heterocycles. The molecule has 0 aliphatic heterocycles. The minimum absolute atomic E-state index is 0.252. The molecule has 0 aliphatic carbocycles. The number of carbonyl (C=O) groups excluding carboxylic acids is 1. The fourth-order valence-corrected chi connectivity index (χ4v) is 6.64. The van der Waals surface area contributed by atoms with Crippen molar-refractivity contribution in [3.05, 3.63) is 115 Å². The van der Waals surface area contributed by atoms with Crippen LogP contribution >= 0.6 is 11.3 Å². The third kappa shape index (κ3) is 4.52. The molecule has 0 unspecified atom stereocenters. The number of rotatable bonds is 6. The molecule has 4 aromatic carbocycles. The molecule has 0 amide bonds. The first kappa shape index (κ1) is 26.8. The van der Waals surface area contributed by atoms with Crippen LogP contribution in [0.1, 0.15) is 10.4 Å². The lowest BCUT2D eigenvalue weighted by Gasteiger charge is -2.11. The minimum atomic E-state index is -0.252. The van der Waals surface area contributed by atoms with Gasteiger partial charge in [0.05, 0.1) is 35.5 Å². The van der Waals surface area contributed by atoms with E-state index in [1.807, 2.05) is 78.9 Å². The molecule has 0 saturated carbocycles. The lowest BCUT2D eigenvalue weighted by Crippen LogP contribution is -2.13. The Kier molecular flexibility index (Phi) is 6.39. The highest BCUT2D eigenvalue weighted by atomic mass is 32.1. The summed E-state index contributed by atoms with van der Waals surface area (Å²) in [4.78, 5) is 23.7. The maximum absolute atomic E-state index is 14.3. The van der Waals surface area contributed by atoms with E-state index in [1.54, 1.807) is 54.5 Å². The molecule has 0 spiro atoms. The first-order chi connectivity index (χ1) is 22.1. The van der Waals surface area contributed by atoms with Gasteiger partial charge in [-0.3, -0.25) is 14.3 Å². The number of para-hydroxylation sites is 2. The average molecular weight is 609 g/mol. The van der Waals surface area contributed by atoms with Crippen LogP contribution in [0.5, 0.6) is 11.5 Å². The van der Waals surface area contributed by atoms with E-state index in [2.05, 4.69) is 11.2 Å². The van der Waals surface area contributed by atoms with Crippen LogP contribution in [0.25, 0.3) is 65.3 Å². The number of nitrogens with zero attached hydrogens (tertiary/aromatic N) is 4. The predicted octanol–water partition coefficient (Wildman–Crippen LogP) is 8.49. The zero-order valence-corrected chi connectivity index (χ0v) is 25.0. The maximum Gasteiger partial charge on any atom is 0.263 e. The number of hydrogen-bond donors (Lipinski definition) is 0. The molecule has 9 heteroatoms. The zero-order chi connectivity index (χ0) is 30.5. The minimum Gasteiger partial charge on any atom is -0.497 e. The van der Waals surface area contributed by atoms with E-state index in [4.69, 9.17) is 24.0 Å². The van der Waals surface area contributed by atoms with Crippen molar-refractivity contribution in [2.24, 2.45) is 0 Å². The van der Waals surface area contributed by atoms with Crippen molar-refractivity contribution in [1.29, 1.82) is 0 Å². The van der Waals surface area contributed by atoms with Gasteiger partial charge in [0, 0.05) is 45.8 Å². The Morgan fingerprint density at radius 3 is 2.31 bits per heavy atom. The van der Waals surface area contributed by atoms with Crippen molar-refractivity contribution in [3.63, 3.8) is 0 Å². The third-order valence-corrected chi connectivity index (χ3v) is 8.93. The Labute approximate surface area is 261 Å². The second kappa shape index (κ2) is 10.7. The van der Waals surface area contributed by atoms with Gasteiger partial charge >= 0.3 is 0 Å². The van der Waals surface area contributed by atoms with Crippen molar-refractivity contribution in [1.82, 2.24) is 19.7 Å².